The van der Waals surface area contributed by atoms with Crippen molar-refractivity contribution in [3.63, 3.8) is 0 Å². The van der Waals surface area contributed by atoms with E-state index in [0.717, 1.165) is 56.8 Å². The summed E-state index contributed by atoms with van der Waals surface area (Å²) in [6, 6.07) is 72.2. The molecule has 0 amide bonds. The molecule has 4 nitrogen and oxygen atoms in total. The minimum atomic E-state index is -0.130. The largest absolute Gasteiger partial charge is 0.457 e. The molecule has 0 saturated heterocycles. The van der Waals surface area contributed by atoms with Crippen LogP contribution in [-0.2, 0) is 6.42 Å². The molecule has 0 saturated carbocycles. The Morgan fingerprint density at radius 3 is 1.60 bits per heavy atom. The van der Waals surface area contributed by atoms with E-state index in [0.29, 0.717) is 0 Å². The van der Waals surface area contributed by atoms with Crippen molar-refractivity contribution in [3.05, 3.63) is 211 Å². The van der Waals surface area contributed by atoms with Crippen LogP contribution in [0, 0.1) is 0 Å². The normalized spacial score (nSPS) is 13.3. The van der Waals surface area contributed by atoms with E-state index < -0.39 is 0 Å². The molecule has 10 aromatic rings. The maximum Gasteiger partial charge on any atom is 0.253 e. The fraction of sp³-hybridized carbons (Fsp3) is 0.0182. The van der Waals surface area contributed by atoms with Crippen LogP contribution in [0.25, 0.3) is 44.2 Å². The zero-order valence-electron chi connectivity index (χ0n) is 32.5. The molecule has 1 aromatic heterocycles. The second kappa shape index (κ2) is 12.9. The van der Waals surface area contributed by atoms with Gasteiger partial charge in [0.05, 0.1) is 0 Å². The summed E-state index contributed by atoms with van der Waals surface area (Å²) in [5.41, 5.74) is 19.7. The molecule has 0 fully saturated rings. The van der Waals surface area contributed by atoms with E-state index >= 15 is 0 Å². The highest BCUT2D eigenvalue weighted by Gasteiger charge is 2.46. The van der Waals surface area contributed by atoms with Gasteiger partial charge in [0.2, 0.25) is 0 Å². The van der Waals surface area contributed by atoms with E-state index in [1.54, 1.807) is 0 Å². The number of furan rings is 1. The number of anilines is 6. The van der Waals surface area contributed by atoms with Gasteiger partial charge in [-0.15, -0.1) is 0 Å². The summed E-state index contributed by atoms with van der Waals surface area (Å²) in [6.07, 6.45) is 0.791. The molecule has 280 valence electrons. The Morgan fingerprint density at radius 1 is 0.383 bits per heavy atom. The molecule has 4 heterocycles. The Balaban J connectivity index is 1.16. The van der Waals surface area contributed by atoms with Crippen molar-refractivity contribution >= 4 is 79.2 Å². The van der Waals surface area contributed by atoms with Crippen molar-refractivity contribution < 1.29 is 9.15 Å². The predicted octanol–water partition coefficient (Wildman–Crippen LogP) is 12.7. The highest BCUT2D eigenvalue weighted by molar-refractivity contribution is 7.02. The Hall–Kier alpha value is -7.76. The zero-order valence-corrected chi connectivity index (χ0v) is 32.5. The van der Waals surface area contributed by atoms with Gasteiger partial charge in [0, 0.05) is 56.9 Å². The summed E-state index contributed by atoms with van der Waals surface area (Å²) in [6.45, 7) is -0.130. The van der Waals surface area contributed by atoms with Crippen molar-refractivity contribution in [2.45, 2.75) is 6.42 Å². The van der Waals surface area contributed by atoms with E-state index in [1.165, 1.54) is 67.0 Å². The molecule has 0 unspecified atom stereocenters. The average Bonchev–Trinajstić information content (AvgIpc) is 3.70. The number of nitrogens with zero attached hydrogens (tertiary/aromatic N) is 2. The van der Waals surface area contributed by atoms with Gasteiger partial charge in [-0.05, 0) is 117 Å². The van der Waals surface area contributed by atoms with Gasteiger partial charge in [-0.3, -0.25) is 0 Å². The highest BCUT2D eigenvalue weighted by Crippen LogP contribution is 2.48. The molecule has 0 bridgehead atoms. The van der Waals surface area contributed by atoms with Gasteiger partial charge in [0.1, 0.15) is 22.7 Å². The van der Waals surface area contributed by atoms with Crippen molar-refractivity contribution in [1.82, 2.24) is 0 Å². The lowest BCUT2D eigenvalue weighted by molar-refractivity contribution is 0.460. The Labute approximate surface area is 348 Å². The quantitative estimate of drug-likeness (QED) is 0.167. The molecule has 13 rings (SSSR count). The van der Waals surface area contributed by atoms with Crippen LogP contribution in [0.4, 0.5) is 34.1 Å². The maximum atomic E-state index is 6.65. The number of para-hydroxylation sites is 4. The van der Waals surface area contributed by atoms with Crippen LogP contribution in [-0.4, -0.2) is 6.71 Å². The number of hydrogen-bond donors (Lipinski definition) is 0. The summed E-state index contributed by atoms with van der Waals surface area (Å²) in [5, 5.41) is 2.25. The lowest BCUT2D eigenvalue weighted by Crippen LogP contribution is -2.62. The Kier molecular flexibility index (Phi) is 7.13. The monoisotopic (exact) mass is 766 g/mol. The minimum absolute atomic E-state index is 0.130. The minimum Gasteiger partial charge on any atom is -0.457 e. The lowest BCUT2D eigenvalue weighted by atomic mass is 9.32. The predicted molar refractivity (Wildman–Crippen MR) is 248 cm³/mol. The summed E-state index contributed by atoms with van der Waals surface area (Å²) in [4.78, 5) is 4.96. The van der Waals surface area contributed by atoms with Gasteiger partial charge in [0.25, 0.3) is 6.71 Å². The van der Waals surface area contributed by atoms with Crippen molar-refractivity contribution in [1.29, 1.82) is 0 Å². The van der Waals surface area contributed by atoms with Crippen LogP contribution in [0.5, 0.6) is 11.5 Å². The van der Waals surface area contributed by atoms with E-state index in [1.807, 2.05) is 0 Å². The first kappa shape index (κ1) is 33.2. The molecule has 0 atom stereocenters. The topological polar surface area (TPSA) is 28.9 Å². The van der Waals surface area contributed by atoms with Crippen molar-refractivity contribution in [3.8, 4) is 33.8 Å². The standard InChI is InChI=1S/C55H35BN2O2/c1-3-17-36(18-4-1)57-44-26-11-24-40(38-22-13-32-50-43(38)34-35-16-7-9-30-48(35)59-50)53(44)56-54-41(39-23-14-33-51-52(39)42-21-8-10-31-49(42)60-51)25-12-27-45(54)58(37-19-5-2-6-20-37)47-29-15-28-46(57)55(47)56/h1-33H,34H2. The van der Waals surface area contributed by atoms with E-state index in [-0.39, 0.29) is 6.71 Å². The number of hydrogen-bond acceptors (Lipinski definition) is 4. The van der Waals surface area contributed by atoms with Crippen LogP contribution in [0.1, 0.15) is 11.1 Å². The summed E-state index contributed by atoms with van der Waals surface area (Å²) in [5.74, 6) is 1.85. The molecule has 3 aliphatic heterocycles. The maximum absolute atomic E-state index is 6.65. The van der Waals surface area contributed by atoms with Crippen LogP contribution in [0.2, 0.25) is 0 Å². The van der Waals surface area contributed by atoms with Crippen LogP contribution in [0.15, 0.2) is 205 Å². The first-order valence-corrected chi connectivity index (χ1v) is 20.7. The number of ether oxygens (including phenoxy) is 1. The fourth-order valence-corrected chi connectivity index (χ4v) is 10.4. The third-order valence-electron chi connectivity index (χ3n) is 12.8. The summed E-state index contributed by atoms with van der Waals surface area (Å²) in [7, 11) is 0. The molecule has 3 aliphatic rings. The molecule has 0 N–H and O–H groups in total. The van der Waals surface area contributed by atoms with E-state index in [2.05, 4.69) is 210 Å². The second-order valence-corrected chi connectivity index (χ2v) is 15.9. The first-order chi connectivity index (χ1) is 29.8. The lowest BCUT2D eigenvalue weighted by Gasteiger charge is -2.45. The smallest absolute Gasteiger partial charge is 0.253 e. The fourth-order valence-electron chi connectivity index (χ4n) is 10.4. The number of rotatable bonds is 4. The molecular weight excluding hydrogens is 731 g/mol. The van der Waals surface area contributed by atoms with Gasteiger partial charge in [-0.25, -0.2) is 0 Å². The van der Waals surface area contributed by atoms with Crippen LogP contribution in [0.3, 0.4) is 0 Å². The van der Waals surface area contributed by atoms with Gasteiger partial charge >= 0.3 is 0 Å². The van der Waals surface area contributed by atoms with Gasteiger partial charge < -0.3 is 19.0 Å². The zero-order chi connectivity index (χ0) is 39.3. The molecule has 5 heteroatoms. The van der Waals surface area contributed by atoms with E-state index in [4.69, 9.17) is 9.15 Å². The Morgan fingerprint density at radius 2 is 0.883 bits per heavy atom. The molecular formula is C55H35BN2O2. The van der Waals surface area contributed by atoms with Gasteiger partial charge in [0.15, 0.2) is 0 Å². The molecule has 0 spiro atoms. The van der Waals surface area contributed by atoms with E-state index in [9.17, 15) is 0 Å². The summed E-state index contributed by atoms with van der Waals surface area (Å²) >= 11 is 0. The number of fused-ring (bicyclic) bond motifs is 9. The third-order valence-corrected chi connectivity index (χ3v) is 12.8. The number of benzene rings is 9. The SMILES string of the molecule is c1ccc(N2c3cccc(-c4cccc5c4Cc4ccccc4O5)c3B3c4c(-c5cccc6oc7ccccc7c56)cccc4N(c4ccccc4)c4cccc2c43)cc1. The second-order valence-electron chi connectivity index (χ2n) is 15.9. The van der Waals surface area contributed by atoms with Crippen LogP contribution < -0.4 is 30.9 Å². The molecule has 0 aliphatic carbocycles. The summed E-state index contributed by atoms with van der Waals surface area (Å²) < 4.78 is 13.2. The average molecular weight is 767 g/mol. The first-order valence-electron chi connectivity index (χ1n) is 20.7. The van der Waals surface area contributed by atoms with Gasteiger partial charge in [-0.1, -0.05) is 127 Å². The Bertz CT molecular complexity index is 3340. The van der Waals surface area contributed by atoms with Crippen molar-refractivity contribution in [2.24, 2.45) is 0 Å². The van der Waals surface area contributed by atoms with Gasteiger partial charge in [-0.2, -0.15) is 0 Å². The highest BCUT2D eigenvalue weighted by atomic mass is 16.5. The molecule has 60 heavy (non-hydrogen) atoms. The third kappa shape index (κ3) is 4.75. The molecule has 9 aromatic carbocycles. The van der Waals surface area contributed by atoms with Crippen molar-refractivity contribution in [2.75, 3.05) is 9.80 Å². The molecule has 0 radical (unpaired) electrons. The van der Waals surface area contributed by atoms with Crippen LogP contribution >= 0.6 is 0 Å².